The SMILES string of the molecule is Cc1ccc(S(=O)(=O)c2nc(C)c3[nH]ccc3c2Br)cc1. The topological polar surface area (TPSA) is 62.8 Å². The van der Waals surface area contributed by atoms with Gasteiger partial charge in [0.15, 0.2) is 5.03 Å². The third-order valence-corrected chi connectivity index (χ3v) is 6.15. The van der Waals surface area contributed by atoms with Crippen molar-refractivity contribution in [3.05, 3.63) is 52.3 Å². The molecule has 4 nitrogen and oxygen atoms in total. The van der Waals surface area contributed by atoms with E-state index in [4.69, 9.17) is 0 Å². The second-order valence-corrected chi connectivity index (χ2v) is 7.56. The van der Waals surface area contributed by atoms with Gasteiger partial charge < -0.3 is 4.98 Å². The molecule has 0 fully saturated rings. The van der Waals surface area contributed by atoms with Crippen LogP contribution in [0.4, 0.5) is 0 Å². The van der Waals surface area contributed by atoms with Crippen LogP contribution < -0.4 is 0 Å². The fraction of sp³-hybridized carbons (Fsp3) is 0.133. The minimum Gasteiger partial charge on any atom is -0.360 e. The highest BCUT2D eigenvalue weighted by atomic mass is 79.9. The van der Waals surface area contributed by atoms with Crippen molar-refractivity contribution in [2.45, 2.75) is 23.8 Å². The number of nitrogens with one attached hydrogen (secondary N) is 1. The Bertz CT molecular complexity index is 928. The molecule has 2 heterocycles. The Hall–Kier alpha value is -1.66. The molecule has 0 spiro atoms. The van der Waals surface area contributed by atoms with Gasteiger partial charge in [-0.25, -0.2) is 13.4 Å². The molecule has 0 bridgehead atoms. The molecule has 0 aliphatic carbocycles. The summed E-state index contributed by atoms with van der Waals surface area (Å²) in [6, 6.07) is 8.61. The van der Waals surface area contributed by atoms with Gasteiger partial charge in [-0.1, -0.05) is 17.7 Å². The molecule has 6 heteroatoms. The van der Waals surface area contributed by atoms with Crippen LogP contribution in [-0.4, -0.2) is 18.4 Å². The van der Waals surface area contributed by atoms with Gasteiger partial charge in [-0.05, 0) is 48.0 Å². The van der Waals surface area contributed by atoms with Crippen LogP contribution in [0.3, 0.4) is 0 Å². The lowest BCUT2D eigenvalue weighted by Gasteiger charge is -2.09. The molecule has 1 N–H and O–H groups in total. The smallest absolute Gasteiger partial charge is 0.225 e. The van der Waals surface area contributed by atoms with Crippen molar-refractivity contribution in [1.29, 1.82) is 0 Å². The molecule has 2 aromatic heterocycles. The van der Waals surface area contributed by atoms with Crippen LogP contribution in [0.5, 0.6) is 0 Å². The average molecular weight is 365 g/mol. The molecule has 3 aromatic rings. The van der Waals surface area contributed by atoms with Crippen molar-refractivity contribution >= 4 is 36.7 Å². The monoisotopic (exact) mass is 364 g/mol. The Balaban J connectivity index is 2.28. The van der Waals surface area contributed by atoms with Gasteiger partial charge in [0.25, 0.3) is 0 Å². The standard InChI is InChI=1S/C15H13BrN2O2S/c1-9-3-5-11(6-4-9)21(19,20)15-13(16)12-7-8-17-14(12)10(2)18-15/h3-8,17H,1-2H3. The van der Waals surface area contributed by atoms with E-state index in [0.29, 0.717) is 10.2 Å². The van der Waals surface area contributed by atoms with Crippen molar-refractivity contribution in [2.24, 2.45) is 0 Å². The number of benzene rings is 1. The first-order valence-corrected chi connectivity index (χ1v) is 8.64. The number of nitrogens with zero attached hydrogens (tertiary/aromatic N) is 1. The number of rotatable bonds is 2. The van der Waals surface area contributed by atoms with E-state index in [2.05, 4.69) is 25.9 Å². The van der Waals surface area contributed by atoms with Crippen molar-refractivity contribution < 1.29 is 8.42 Å². The summed E-state index contributed by atoms with van der Waals surface area (Å²) in [6.45, 7) is 3.71. The third kappa shape index (κ3) is 2.28. The van der Waals surface area contributed by atoms with Gasteiger partial charge in [-0.2, -0.15) is 0 Å². The Morgan fingerprint density at radius 1 is 1.10 bits per heavy atom. The third-order valence-electron chi connectivity index (χ3n) is 3.39. The number of fused-ring (bicyclic) bond motifs is 1. The molecule has 0 aliphatic rings. The number of H-pyrrole nitrogens is 1. The predicted molar refractivity (Wildman–Crippen MR) is 85.2 cm³/mol. The Morgan fingerprint density at radius 2 is 1.76 bits per heavy atom. The minimum atomic E-state index is -3.65. The lowest BCUT2D eigenvalue weighted by molar-refractivity contribution is 0.591. The van der Waals surface area contributed by atoms with E-state index >= 15 is 0 Å². The van der Waals surface area contributed by atoms with E-state index in [1.165, 1.54) is 0 Å². The molecule has 0 radical (unpaired) electrons. The molecular weight excluding hydrogens is 352 g/mol. The highest BCUT2D eigenvalue weighted by molar-refractivity contribution is 9.10. The zero-order valence-electron chi connectivity index (χ0n) is 11.5. The number of sulfone groups is 1. The number of halogens is 1. The van der Waals surface area contributed by atoms with Crippen LogP contribution in [0.2, 0.25) is 0 Å². The van der Waals surface area contributed by atoms with Crippen LogP contribution in [0, 0.1) is 13.8 Å². The van der Waals surface area contributed by atoms with Gasteiger partial charge >= 0.3 is 0 Å². The first-order chi connectivity index (χ1) is 9.91. The predicted octanol–water partition coefficient (Wildman–Crippen LogP) is 3.78. The molecule has 0 amide bonds. The maximum Gasteiger partial charge on any atom is 0.225 e. The van der Waals surface area contributed by atoms with E-state index in [1.54, 1.807) is 37.4 Å². The second-order valence-electron chi connectivity index (χ2n) is 4.90. The van der Waals surface area contributed by atoms with Gasteiger partial charge in [0.2, 0.25) is 9.84 Å². The maximum absolute atomic E-state index is 12.8. The van der Waals surface area contributed by atoms with E-state index in [1.807, 2.05) is 13.0 Å². The van der Waals surface area contributed by atoms with Crippen LogP contribution in [0.1, 0.15) is 11.3 Å². The van der Waals surface area contributed by atoms with Crippen molar-refractivity contribution in [3.63, 3.8) is 0 Å². The van der Waals surface area contributed by atoms with Crippen molar-refractivity contribution in [2.75, 3.05) is 0 Å². The molecule has 0 saturated carbocycles. The largest absolute Gasteiger partial charge is 0.360 e. The lowest BCUT2D eigenvalue weighted by Crippen LogP contribution is -2.07. The maximum atomic E-state index is 12.8. The summed E-state index contributed by atoms with van der Waals surface area (Å²) in [7, 11) is -3.65. The number of aromatic nitrogens is 2. The van der Waals surface area contributed by atoms with Gasteiger partial charge in [0.05, 0.1) is 20.6 Å². The zero-order chi connectivity index (χ0) is 15.2. The summed E-state index contributed by atoms with van der Waals surface area (Å²) in [5.74, 6) is 0. The van der Waals surface area contributed by atoms with Gasteiger partial charge in [0, 0.05) is 11.6 Å². The second kappa shape index (κ2) is 4.96. The minimum absolute atomic E-state index is 0.0518. The summed E-state index contributed by atoms with van der Waals surface area (Å²) >= 11 is 3.38. The summed E-state index contributed by atoms with van der Waals surface area (Å²) in [4.78, 5) is 7.59. The highest BCUT2D eigenvalue weighted by Gasteiger charge is 2.25. The zero-order valence-corrected chi connectivity index (χ0v) is 13.9. The molecule has 108 valence electrons. The van der Waals surface area contributed by atoms with Gasteiger partial charge in [0.1, 0.15) is 0 Å². The lowest BCUT2D eigenvalue weighted by atomic mass is 10.2. The normalized spacial score (nSPS) is 12.0. The Morgan fingerprint density at radius 3 is 2.43 bits per heavy atom. The average Bonchev–Trinajstić information content (AvgIpc) is 2.93. The summed E-state index contributed by atoms with van der Waals surface area (Å²) < 4.78 is 26.1. The molecule has 21 heavy (non-hydrogen) atoms. The van der Waals surface area contributed by atoms with E-state index in [0.717, 1.165) is 16.5 Å². The van der Waals surface area contributed by atoms with Crippen LogP contribution >= 0.6 is 15.9 Å². The van der Waals surface area contributed by atoms with Crippen LogP contribution in [-0.2, 0) is 9.84 Å². The molecule has 1 aromatic carbocycles. The fourth-order valence-electron chi connectivity index (χ4n) is 2.23. The Labute approximate surface area is 131 Å². The molecule has 0 atom stereocenters. The first kappa shape index (κ1) is 14.3. The molecular formula is C15H13BrN2O2S. The molecule has 0 unspecified atom stereocenters. The molecule has 0 aliphatic heterocycles. The van der Waals surface area contributed by atoms with E-state index in [-0.39, 0.29) is 9.92 Å². The van der Waals surface area contributed by atoms with Crippen LogP contribution in [0.15, 0.2) is 50.9 Å². The number of hydrogen-bond acceptors (Lipinski definition) is 3. The Kier molecular flexibility index (Phi) is 3.37. The van der Waals surface area contributed by atoms with Crippen LogP contribution in [0.25, 0.3) is 10.9 Å². The number of hydrogen-bond donors (Lipinski definition) is 1. The summed E-state index contributed by atoms with van der Waals surface area (Å²) in [6.07, 6.45) is 1.77. The number of aromatic amines is 1. The number of pyridine rings is 1. The first-order valence-electron chi connectivity index (χ1n) is 6.36. The number of aryl methyl sites for hydroxylation is 2. The van der Waals surface area contributed by atoms with Gasteiger partial charge in [-0.15, -0.1) is 0 Å². The molecule has 0 saturated heterocycles. The quantitative estimate of drug-likeness (QED) is 0.752. The highest BCUT2D eigenvalue weighted by Crippen LogP contribution is 2.33. The van der Waals surface area contributed by atoms with E-state index < -0.39 is 9.84 Å². The summed E-state index contributed by atoms with van der Waals surface area (Å²) in [5, 5.41) is 0.865. The molecule has 3 rings (SSSR count). The fourth-order valence-corrected chi connectivity index (χ4v) is 4.61. The van der Waals surface area contributed by atoms with Crippen molar-refractivity contribution in [1.82, 2.24) is 9.97 Å². The van der Waals surface area contributed by atoms with Crippen molar-refractivity contribution in [3.8, 4) is 0 Å². The summed E-state index contributed by atoms with van der Waals surface area (Å²) in [5.41, 5.74) is 2.51. The van der Waals surface area contributed by atoms with E-state index in [9.17, 15) is 8.42 Å². The van der Waals surface area contributed by atoms with Gasteiger partial charge in [-0.3, -0.25) is 0 Å².